The molecule has 73 heavy (non-hydrogen) atoms. The van der Waals surface area contributed by atoms with Gasteiger partial charge in [-0.2, -0.15) is 12.1 Å². The number of pyridine rings is 1. The molecule has 356 valence electrons. The van der Waals surface area contributed by atoms with Crippen molar-refractivity contribution in [2.75, 3.05) is 0 Å². The van der Waals surface area contributed by atoms with E-state index in [2.05, 4.69) is 122 Å². The fraction of sp³-hybridized carbons (Fsp3) is 0.0909. The molecule has 0 radical (unpaired) electrons. The number of hydrogen-bond donors (Lipinski definition) is 0. The minimum atomic E-state index is -0.577. The summed E-state index contributed by atoms with van der Waals surface area (Å²) < 4.78 is 103. The van der Waals surface area contributed by atoms with E-state index in [1.165, 1.54) is 0 Å². The first-order valence-corrected chi connectivity index (χ1v) is 23.8. The molecule has 0 aliphatic carbocycles. The normalized spacial score (nSPS) is 14.1. The minimum absolute atomic E-state index is 0. The fourth-order valence-electron chi connectivity index (χ4n) is 10.0. The van der Waals surface area contributed by atoms with Crippen molar-refractivity contribution in [1.29, 1.82) is 0 Å². The molecule has 0 aliphatic rings. The Morgan fingerprint density at radius 2 is 1.16 bits per heavy atom. The first kappa shape index (κ1) is 35.7. The first-order valence-electron chi connectivity index (χ1n) is 28.8. The zero-order valence-electron chi connectivity index (χ0n) is 50.0. The second kappa shape index (κ2) is 18.4. The van der Waals surface area contributed by atoms with Gasteiger partial charge in [-0.3, -0.25) is 4.57 Å². The van der Waals surface area contributed by atoms with Crippen molar-refractivity contribution in [3.63, 3.8) is 0 Å². The van der Waals surface area contributed by atoms with E-state index in [0.717, 1.165) is 60.7 Å². The molecule has 0 amide bonds. The van der Waals surface area contributed by atoms with E-state index in [1.807, 2.05) is 66.9 Å². The van der Waals surface area contributed by atoms with Crippen LogP contribution in [0.3, 0.4) is 0 Å². The van der Waals surface area contributed by atoms with Gasteiger partial charge in [0.1, 0.15) is 5.82 Å². The van der Waals surface area contributed by atoms with Crippen LogP contribution in [-0.4, -0.2) is 18.7 Å². The summed E-state index contributed by atoms with van der Waals surface area (Å²) in [5.41, 5.74) is 7.46. The third kappa shape index (κ3) is 7.85. The van der Waals surface area contributed by atoms with Crippen molar-refractivity contribution in [3.05, 3.63) is 242 Å². The molecule has 4 heterocycles. The van der Waals surface area contributed by atoms with Crippen molar-refractivity contribution < 1.29 is 44.1 Å². The average Bonchev–Trinajstić information content (AvgIpc) is 2.41. The van der Waals surface area contributed by atoms with Crippen molar-refractivity contribution in [3.8, 4) is 56.6 Å². The maximum absolute atomic E-state index is 9.12. The molecule has 13 aromatic rings. The Bertz CT molecular complexity index is 4630. The van der Waals surface area contributed by atoms with Gasteiger partial charge in [0.05, 0.1) is 41.5 Å². The molecule has 0 N–H and O–H groups in total. The van der Waals surface area contributed by atoms with Crippen molar-refractivity contribution in [2.45, 2.75) is 33.6 Å². The number of nitrogens with zero attached hydrogens (tertiary/aromatic N) is 5. The summed E-state index contributed by atoms with van der Waals surface area (Å²) in [6, 6.07) is 50.8. The van der Waals surface area contributed by atoms with Crippen LogP contribution in [0.25, 0.3) is 99.8 Å². The Labute approximate surface area is 453 Å². The SMILES string of the molecule is [2H]c1c([2H])c([2H])c(-c2cccc(-c3c([2H])c([2H])c([2H])c([2H])c3[2H])c2-[n+]2[c-]n(-c3[c-]c(Oc4[c-]c5c(c(-n6c7ccccc7c7ccccc76)c4)c4ccccc4n5-c4cc(C(C)C(C)(C)C)ccn4)ccc3)c3ccccc32)c([2H])c1[2H].[Pt]. The van der Waals surface area contributed by atoms with Gasteiger partial charge in [-0.25, -0.2) is 4.98 Å². The molecule has 0 aliphatic heterocycles. The Hall–Kier alpha value is -8.31. The average molecular weight is 1130 g/mol. The quantitative estimate of drug-likeness (QED) is 0.107. The molecule has 7 heteroatoms. The molecule has 1 atom stereocenters. The van der Waals surface area contributed by atoms with Crippen molar-refractivity contribution >= 4 is 54.6 Å². The smallest absolute Gasteiger partial charge is 0.268 e. The van der Waals surface area contributed by atoms with E-state index in [0.29, 0.717) is 28.2 Å². The van der Waals surface area contributed by atoms with Gasteiger partial charge in [0.2, 0.25) is 0 Å². The van der Waals surface area contributed by atoms with E-state index in [-0.39, 0.29) is 60.3 Å². The second-order valence-electron chi connectivity index (χ2n) is 19.0. The van der Waals surface area contributed by atoms with E-state index in [9.17, 15) is 0 Å². The van der Waals surface area contributed by atoms with Gasteiger partial charge in [-0.05, 0) is 86.2 Å². The first-order chi connectivity index (χ1) is 39.4. The number of imidazole rings is 1. The van der Waals surface area contributed by atoms with E-state index in [1.54, 1.807) is 33.4 Å². The van der Waals surface area contributed by atoms with Gasteiger partial charge >= 0.3 is 0 Å². The third-order valence-corrected chi connectivity index (χ3v) is 13.8. The molecule has 6 nitrogen and oxygen atoms in total. The molecule has 9 aromatic carbocycles. The molecule has 4 aromatic heterocycles. The van der Waals surface area contributed by atoms with Gasteiger partial charge in [0.25, 0.3) is 6.33 Å². The summed E-state index contributed by atoms with van der Waals surface area (Å²) >= 11 is 0. The monoisotopic (exact) mass is 1130 g/mol. The number of fused-ring (bicyclic) bond motifs is 7. The van der Waals surface area contributed by atoms with Crippen LogP contribution in [0.2, 0.25) is 0 Å². The molecule has 13 rings (SSSR count). The summed E-state index contributed by atoms with van der Waals surface area (Å²) in [4.78, 5) is 5.03. The molecule has 0 fully saturated rings. The predicted octanol–water partition coefficient (Wildman–Crippen LogP) is 16.2. The summed E-state index contributed by atoms with van der Waals surface area (Å²) in [5.74, 6) is 1.68. The largest absolute Gasteiger partial charge is 0.510 e. The number of aromatic nitrogens is 5. The number of rotatable bonds is 9. The van der Waals surface area contributed by atoms with Crippen LogP contribution in [0.5, 0.6) is 11.5 Å². The molecule has 0 spiro atoms. The van der Waals surface area contributed by atoms with Gasteiger partial charge in [-0.1, -0.05) is 196 Å². The van der Waals surface area contributed by atoms with Crippen LogP contribution in [0.4, 0.5) is 0 Å². The Morgan fingerprint density at radius 1 is 0.589 bits per heavy atom. The topological polar surface area (TPSA) is 40.8 Å². The summed E-state index contributed by atoms with van der Waals surface area (Å²) in [7, 11) is 0. The molecule has 1 unspecified atom stereocenters. The van der Waals surface area contributed by atoms with Crippen LogP contribution in [0.1, 0.15) is 52.9 Å². The number of benzene rings is 9. The zero-order valence-corrected chi connectivity index (χ0v) is 42.3. The number of hydrogen-bond acceptors (Lipinski definition) is 2. The van der Waals surface area contributed by atoms with Crippen LogP contribution in [-0.2, 0) is 21.1 Å². The van der Waals surface area contributed by atoms with Gasteiger partial charge in [0.15, 0.2) is 0 Å². The Morgan fingerprint density at radius 3 is 1.81 bits per heavy atom. The molecule has 0 saturated heterocycles. The second-order valence-corrected chi connectivity index (χ2v) is 19.0. The maximum atomic E-state index is 9.12. The summed E-state index contributed by atoms with van der Waals surface area (Å²) in [6.45, 7) is 8.97. The van der Waals surface area contributed by atoms with Gasteiger partial charge in [0, 0.05) is 55.1 Å². The summed E-state index contributed by atoms with van der Waals surface area (Å²) in [6.07, 6.45) is 5.33. The molecule has 0 bridgehead atoms. The molecular weight excluding hydrogens is 1070 g/mol. The van der Waals surface area contributed by atoms with Crippen LogP contribution in [0, 0.1) is 23.9 Å². The van der Waals surface area contributed by atoms with Crippen LogP contribution in [0.15, 0.2) is 218 Å². The van der Waals surface area contributed by atoms with Crippen molar-refractivity contribution in [2.24, 2.45) is 5.41 Å². The Kier molecular flexibility index (Phi) is 9.00. The van der Waals surface area contributed by atoms with Crippen LogP contribution < -0.4 is 9.30 Å². The fourth-order valence-corrected chi connectivity index (χ4v) is 10.0. The predicted molar refractivity (Wildman–Crippen MR) is 293 cm³/mol. The summed E-state index contributed by atoms with van der Waals surface area (Å²) in [5, 5.41) is 4.16. The van der Waals surface area contributed by atoms with Gasteiger partial charge in [-0.15, -0.1) is 24.3 Å². The zero-order chi connectivity index (χ0) is 57.2. The van der Waals surface area contributed by atoms with Crippen molar-refractivity contribution in [1.82, 2.24) is 18.7 Å². The standard InChI is InChI=1S/C66H49N5O.Pt/c1-44(66(2,3)4)47-37-38-67-63(39-47)71-58-34-16-13-29-55(58)64-61(70-56-32-14-11-27-53(56)54-28-12-15-33-57(54)70)41-50(42-62(64)71)72-49-26-19-25-48(40-49)68-43-69(60-36-18-17-35-59(60)68)65-51(45-21-7-5-8-22-45)30-20-31-52(65)46-23-9-6-10-24-46;/h5-39,41,44H,1-4H3;/q-2;/i5D,6D,7D,8D,9D,10D,21D,22D,23D,24D;. The van der Waals surface area contributed by atoms with E-state index < -0.39 is 60.4 Å². The molecule has 0 saturated carbocycles. The Balaban J connectivity index is 0.00000680. The number of para-hydroxylation sites is 6. The van der Waals surface area contributed by atoms with Crippen LogP contribution >= 0.6 is 0 Å². The van der Waals surface area contributed by atoms with E-state index in [4.69, 9.17) is 23.4 Å². The third-order valence-electron chi connectivity index (χ3n) is 13.8. The maximum Gasteiger partial charge on any atom is 0.268 e. The number of ether oxygens (including phenoxy) is 1. The van der Waals surface area contributed by atoms with Gasteiger partial charge < -0.3 is 18.4 Å². The van der Waals surface area contributed by atoms with E-state index >= 15 is 0 Å². The molecular formula is C66H49N5OPt-2. The minimum Gasteiger partial charge on any atom is -0.510 e.